The zero-order chi connectivity index (χ0) is 22.2. The Bertz CT molecular complexity index is 1060. The standard InChI is InChI=1S/C24H25BrN4O3/c25-17-4-6-18(7-5-17)28-12-10-27(11-13-28)14-16-2-1-3-19-20(16)15-29(24(19)32)21-8-9-22(30)26-23(21)31/h1-7,21H,8-15H2,(H,26,30,31). The number of carbonyl (C=O) groups is 3. The van der Waals surface area contributed by atoms with E-state index >= 15 is 0 Å². The molecular formula is C24H25BrN4O3. The summed E-state index contributed by atoms with van der Waals surface area (Å²) in [7, 11) is 0. The minimum Gasteiger partial charge on any atom is -0.369 e. The van der Waals surface area contributed by atoms with Crippen LogP contribution in [0.5, 0.6) is 0 Å². The monoisotopic (exact) mass is 496 g/mol. The largest absolute Gasteiger partial charge is 0.369 e. The highest BCUT2D eigenvalue weighted by Gasteiger charge is 2.39. The second-order valence-corrected chi connectivity index (χ2v) is 9.50. The molecule has 3 heterocycles. The molecule has 1 N–H and O–H groups in total. The van der Waals surface area contributed by atoms with Crippen LogP contribution in [-0.4, -0.2) is 59.7 Å². The van der Waals surface area contributed by atoms with Crippen LogP contribution in [0.15, 0.2) is 46.9 Å². The molecule has 0 aliphatic carbocycles. The molecule has 0 bridgehead atoms. The maximum absolute atomic E-state index is 13.0. The molecule has 3 aliphatic heterocycles. The summed E-state index contributed by atoms with van der Waals surface area (Å²) in [6, 6.07) is 13.7. The number of nitrogens with one attached hydrogen (secondary N) is 1. The van der Waals surface area contributed by atoms with Crippen molar-refractivity contribution in [3.63, 3.8) is 0 Å². The molecule has 0 radical (unpaired) electrons. The SMILES string of the molecule is O=C1CCC(N2Cc3c(CN4CCN(c5ccc(Br)cc5)CC4)cccc3C2=O)C(=O)N1. The number of amides is 3. The molecule has 0 saturated carbocycles. The van der Waals surface area contributed by atoms with Gasteiger partial charge in [-0.05, 0) is 47.9 Å². The van der Waals surface area contributed by atoms with E-state index in [0.717, 1.165) is 48.3 Å². The number of nitrogens with zero attached hydrogens (tertiary/aromatic N) is 3. The van der Waals surface area contributed by atoms with Crippen molar-refractivity contribution in [2.75, 3.05) is 31.1 Å². The van der Waals surface area contributed by atoms with Crippen molar-refractivity contribution >= 4 is 39.3 Å². The van der Waals surface area contributed by atoms with Gasteiger partial charge in [0.2, 0.25) is 11.8 Å². The van der Waals surface area contributed by atoms with Crippen LogP contribution in [0.4, 0.5) is 5.69 Å². The van der Waals surface area contributed by atoms with Crippen molar-refractivity contribution in [1.82, 2.24) is 15.1 Å². The van der Waals surface area contributed by atoms with Gasteiger partial charge in [-0.1, -0.05) is 28.1 Å². The van der Waals surface area contributed by atoms with Crippen molar-refractivity contribution in [1.29, 1.82) is 0 Å². The summed E-state index contributed by atoms with van der Waals surface area (Å²) in [6.07, 6.45) is 0.657. The molecule has 8 heteroatoms. The Hall–Kier alpha value is -2.71. The van der Waals surface area contributed by atoms with Crippen LogP contribution in [0.25, 0.3) is 0 Å². The molecular weight excluding hydrogens is 472 g/mol. The third-order valence-electron chi connectivity index (χ3n) is 6.64. The van der Waals surface area contributed by atoms with Crippen molar-refractivity contribution in [3.05, 3.63) is 63.6 Å². The minimum atomic E-state index is -0.574. The van der Waals surface area contributed by atoms with Gasteiger partial charge in [-0.15, -0.1) is 0 Å². The van der Waals surface area contributed by atoms with E-state index in [0.29, 0.717) is 18.5 Å². The van der Waals surface area contributed by atoms with E-state index < -0.39 is 6.04 Å². The molecule has 3 amide bonds. The zero-order valence-electron chi connectivity index (χ0n) is 17.7. The van der Waals surface area contributed by atoms with E-state index in [1.54, 1.807) is 4.90 Å². The molecule has 1 atom stereocenters. The van der Waals surface area contributed by atoms with Crippen LogP contribution in [-0.2, 0) is 22.7 Å². The lowest BCUT2D eigenvalue weighted by molar-refractivity contribution is -0.136. The lowest BCUT2D eigenvalue weighted by Crippen LogP contribution is -2.52. The second-order valence-electron chi connectivity index (χ2n) is 8.58. The molecule has 1 unspecified atom stereocenters. The van der Waals surface area contributed by atoms with E-state index in [1.807, 2.05) is 12.1 Å². The number of fused-ring (bicyclic) bond motifs is 1. The van der Waals surface area contributed by atoms with Gasteiger partial charge in [-0.2, -0.15) is 0 Å². The fraction of sp³-hybridized carbons (Fsp3) is 0.375. The topological polar surface area (TPSA) is 73.0 Å². The fourth-order valence-electron chi connectivity index (χ4n) is 4.85. The number of benzene rings is 2. The van der Waals surface area contributed by atoms with Crippen LogP contribution in [0, 0.1) is 0 Å². The predicted octanol–water partition coefficient (Wildman–Crippen LogP) is 2.53. The molecule has 2 fully saturated rings. The Balaban J connectivity index is 1.26. The molecule has 2 aromatic carbocycles. The average molecular weight is 497 g/mol. The van der Waals surface area contributed by atoms with Crippen LogP contribution in [0.1, 0.15) is 34.3 Å². The van der Waals surface area contributed by atoms with Crippen LogP contribution < -0.4 is 10.2 Å². The van der Waals surface area contributed by atoms with Gasteiger partial charge >= 0.3 is 0 Å². The number of anilines is 1. The third-order valence-corrected chi connectivity index (χ3v) is 7.17. The number of hydrogen-bond donors (Lipinski definition) is 1. The van der Waals surface area contributed by atoms with Crippen molar-refractivity contribution < 1.29 is 14.4 Å². The van der Waals surface area contributed by atoms with Gasteiger partial charge in [0.05, 0.1) is 0 Å². The highest BCUT2D eigenvalue weighted by Crippen LogP contribution is 2.30. The maximum Gasteiger partial charge on any atom is 0.255 e. The van der Waals surface area contributed by atoms with Crippen molar-refractivity contribution in [3.8, 4) is 0 Å². The predicted molar refractivity (Wildman–Crippen MR) is 124 cm³/mol. The average Bonchev–Trinajstić information content (AvgIpc) is 3.12. The third kappa shape index (κ3) is 4.04. The molecule has 0 spiro atoms. The molecule has 2 aromatic rings. The maximum atomic E-state index is 13.0. The summed E-state index contributed by atoms with van der Waals surface area (Å²) in [5.41, 5.74) is 4.07. The van der Waals surface area contributed by atoms with Crippen LogP contribution >= 0.6 is 15.9 Å². The Morgan fingerprint density at radius 1 is 0.969 bits per heavy atom. The number of halogens is 1. The molecule has 3 aliphatic rings. The first-order valence-corrected chi connectivity index (χ1v) is 11.8. The lowest BCUT2D eigenvalue weighted by atomic mass is 10.0. The number of imide groups is 1. The van der Waals surface area contributed by atoms with E-state index in [4.69, 9.17) is 0 Å². The summed E-state index contributed by atoms with van der Waals surface area (Å²) in [4.78, 5) is 43.3. The Kier molecular flexibility index (Phi) is 5.73. The van der Waals surface area contributed by atoms with Crippen LogP contribution in [0.2, 0.25) is 0 Å². The molecule has 5 rings (SSSR count). The van der Waals surface area contributed by atoms with Gasteiger partial charge in [-0.25, -0.2) is 0 Å². The van der Waals surface area contributed by atoms with Gasteiger partial charge in [0, 0.05) is 61.4 Å². The van der Waals surface area contributed by atoms with Gasteiger partial charge in [0.1, 0.15) is 6.04 Å². The van der Waals surface area contributed by atoms with E-state index in [-0.39, 0.29) is 24.1 Å². The summed E-state index contributed by atoms with van der Waals surface area (Å²) in [6.45, 7) is 5.02. The summed E-state index contributed by atoms with van der Waals surface area (Å²) >= 11 is 3.49. The zero-order valence-corrected chi connectivity index (χ0v) is 19.3. The van der Waals surface area contributed by atoms with Crippen molar-refractivity contribution in [2.45, 2.75) is 32.0 Å². The molecule has 166 valence electrons. The molecule has 32 heavy (non-hydrogen) atoms. The Morgan fingerprint density at radius 2 is 1.72 bits per heavy atom. The van der Waals surface area contributed by atoms with Gasteiger partial charge < -0.3 is 9.80 Å². The van der Waals surface area contributed by atoms with Crippen molar-refractivity contribution in [2.24, 2.45) is 0 Å². The normalized spacial score (nSPS) is 21.7. The van der Waals surface area contributed by atoms with E-state index in [1.165, 1.54) is 5.69 Å². The summed E-state index contributed by atoms with van der Waals surface area (Å²) in [5, 5.41) is 2.37. The summed E-state index contributed by atoms with van der Waals surface area (Å²) in [5.74, 6) is -0.747. The van der Waals surface area contributed by atoms with Crippen LogP contribution in [0.3, 0.4) is 0 Å². The number of piperidine rings is 1. The van der Waals surface area contributed by atoms with E-state index in [2.05, 4.69) is 61.4 Å². The molecule has 0 aromatic heterocycles. The number of carbonyl (C=O) groups excluding carboxylic acids is 3. The number of hydrogen-bond acceptors (Lipinski definition) is 5. The second kappa shape index (κ2) is 8.67. The highest BCUT2D eigenvalue weighted by atomic mass is 79.9. The minimum absolute atomic E-state index is 0.114. The first kappa shape index (κ1) is 21.2. The summed E-state index contributed by atoms with van der Waals surface area (Å²) < 4.78 is 1.08. The number of rotatable bonds is 4. The fourth-order valence-corrected chi connectivity index (χ4v) is 5.12. The molecule has 2 saturated heterocycles. The quantitative estimate of drug-likeness (QED) is 0.658. The van der Waals surface area contributed by atoms with Gasteiger partial charge in [-0.3, -0.25) is 24.6 Å². The highest BCUT2D eigenvalue weighted by molar-refractivity contribution is 9.10. The Morgan fingerprint density at radius 3 is 2.44 bits per heavy atom. The molecule has 7 nitrogen and oxygen atoms in total. The van der Waals surface area contributed by atoms with E-state index in [9.17, 15) is 14.4 Å². The Labute approximate surface area is 195 Å². The lowest BCUT2D eigenvalue weighted by Gasteiger charge is -2.36. The van der Waals surface area contributed by atoms with Gasteiger partial charge in [0.15, 0.2) is 0 Å². The number of piperazine rings is 1. The first-order chi connectivity index (χ1) is 15.5. The first-order valence-electron chi connectivity index (χ1n) is 11.0. The van der Waals surface area contributed by atoms with Gasteiger partial charge in [0.25, 0.3) is 5.91 Å². The smallest absolute Gasteiger partial charge is 0.255 e.